The third kappa shape index (κ3) is 4.74. The summed E-state index contributed by atoms with van der Waals surface area (Å²) in [5.41, 5.74) is 1.97. The van der Waals surface area contributed by atoms with E-state index in [1.807, 2.05) is 37.8 Å². The maximum absolute atomic E-state index is 14.4. The van der Waals surface area contributed by atoms with Crippen molar-refractivity contribution < 1.29 is 13.9 Å². The molecule has 7 nitrogen and oxygen atoms in total. The smallest absolute Gasteiger partial charge is 0.244 e. The number of nitrogens with zero attached hydrogens (tertiary/aromatic N) is 5. The number of methoxy groups -OCH3 is 1. The number of aryl methyl sites for hydroxylation is 1. The van der Waals surface area contributed by atoms with Gasteiger partial charge in [0.1, 0.15) is 18.1 Å². The van der Waals surface area contributed by atoms with Crippen molar-refractivity contribution in [2.45, 2.75) is 27.3 Å². The van der Waals surface area contributed by atoms with Crippen LogP contribution in [0, 0.1) is 12.7 Å². The number of hydrogen-bond donors (Lipinski definition) is 0. The number of pyridine rings is 1. The first-order valence-corrected chi connectivity index (χ1v) is 10.7. The molecule has 0 N–H and O–H groups in total. The van der Waals surface area contributed by atoms with Crippen molar-refractivity contribution in [1.29, 1.82) is 0 Å². The molecule has 0 saturated carbocycles. The zero-order chi connectivity index (χ0) is 22.5. The molecule has 2 aromatic heterocycles. The Kier molecular flexibility index (Phi) is 7.33. The van der Waals surface area contributed by atoms with Crippen molar-refractivity contribution in [2.24, 2.45) is 0 Å². The average molecular weight is 448 g/mol. The lowest BCUT2D eigenvalue weighted by molar-refractivity contribution is -0.132. The summed E-state index contributed by atoms with van der Waals surface area (Å²) in [5.74, 6) is -0.0102. The molecule has 0 spiro atoms. The molecule has 1 fully saturated rings. The third-order valence-electron chi connectivity index (χ3n) is 5.17. The molecule has 0 aliphatic carbocycles. The highest BCUT2D eigenvalue weighted by atomic mass is 35.5. The minimum atomic E-state index is -0.403. The van der Waals surface area contributed by atoms with Gasteiger partial charge in [-0.2, -0.15) is 5.10 Å². The predicted octanol–water partition coefficient (Wildman–Crippen LogP) is 3.92. The van der Waals surface area contributed by atoms with E-state index in [1.165, 1.54) is 13.2 Å². The highest BCUT2D eigenvalue weighted by Gasteiger charge is 2.25. The van der Waals surface area contributed by atoms with Crippen molar-refractivity contribution in [3.8, 4) is 5.75 Å². The summed E-state index contributed by atoms with van der Waals surface area (Å²) in [6.45, 7) is 8.06. The fraction of sp³-hybridized carbons (Fsp3) is 0.409. The Morgan fingerprint density at radius 3 is 2.61 bits per heavy atom. The maximum Gasteiger partial charge on any atom is 0.244 e. The Labute approximate surface area is 186 Å². The Bertz CT molecular complexity index is 1060. The molecule has 3 heterocycles. The van der Waals surface area contributed by atoms with E-state index in [0.717, 1.165) is 11.1 Å². The second kappa shape index (κ2) is 9.96. The lowest BCUT2D eigenvalue weighted by Gasteiger charge is -2.36. The largest absolute Gasteiger partial charge is 0.495 e. The van der Waals surface area contributed by atoms with Crippen LogP contribution in [-0.4, -0.2) is 58.9 Å². The number of rotatable bonds is 4. The lowest BCUT2D eigenvalue weighted by Crippen LogP contribution is -2.50. The van der Waals surface area contributed by atoms with Crippen molar-refractivity contribution in [1.82, 2.24) is 19.7 Å². The molecule has 0 atom stereocenters. The van der Waals surface area contributed by atoms with Gasteiger partial charge in [0.05, 0.1) is 23.5 Å². The van der Waals surface area contributed by atoms with Crippen LogP contribution in [0.2, 0.25) is 5.02 Å². The molecule has 9 heteroatoms. The van der Waals surface area contributed by atoms with Crippen LogP contribution < -0.4 is 9.64 Å². The summed E-state index contributed by atoms with van der Waals surface area (Å²) >= 11 is 5.98. The van der Waals surface area contributed by atoms with Crippen molar-refractivity contribution >= 4 is 34.2 Å². The Morgan fingerprint density at radius 1 is 1.23 bits per heavy atom. The summed E-state index contributed by atoms with van der Waals surface area (Å²) in [5, 5.41) is 5.62. The molecule has 31 heavy (non-hydrogen) atoms. The minimum absolute atomic E-state index is 0.0335. The van der Waals surface area contributed by atoms with E-state index in [1.54, 1.807) is 21.8 Å². The van der Waals surface area contributed by atoms with E-state index in [0.29, 0.717) is 43.3 Å². The zero-order valence-electron chi connectivity index (χ0n) is 18.2. The number of piperazine rings is 1. The van der Waals surface area contributed by atoms with Crippen LogP contribution in [0.4, 0.5) is 10.1 Å². The summed E-state index contributed by atoms with van der Waals surface area (Å²) < 4.78 is 21.2. The SMILES string of the molecule is CC.COc1cc(N2CCN(C(=O)Cn3nc(C)c4cccnc43)CC2)c(F)cc1Cl. The highest BCUT2D eigenvalue weighted by molar-refractivity contribution is 6.32. The number of amides is 1. The molecule has 166 valence electrons. The van der Waals surface area contributed by atoms with Crippen LogP contribution in [0.3, 0.4) is 0 Å². The number of carbonyl (C=O) groups is 1. The van der Waals surface area contributed by atoms with E-state index in [4.69, 9.17) is 16.3 Å². The van der Waals surface area contributed by atoms with Crippen LogP contribution in [-0.2, 0) is 11.3 Å². The van der Waals surface area contributed by atoms with Crippen LogP contribution in [0.1, 0.15) is 19.5 Å². The van der Waals surface area contributed by atoms with Crippen molar-refractivity contribution in [3.05, 3.63) is 47.0 Å². The van der Waals surface area contributed by atoms with Crippen LogP contribution in [0.5, 0.6) is 5.75 Å². The predicted molar refractivity (Wildman–Crippen MR) is 120 cm³/mol. The van der Waals surface area contributed by atoms with Gasteiger partial charge in [0, 0.05) is 43.8 Å². The number of aromatic nitrogens is 3. The zero-order valence-corrected chi connectivity index (χ0v) is 19.0. The van der Waals surface area contributed by atoms with Gasteiger partial charge in [-0.15, -0.1) is 0 Å². The molecular weight excluding hydrogens is 421 g/mol. The number of benzene rings is 1. The quantitative estimate of drug-likeness (QED) is 0.606. The van der Waals surface area contributed by atoms with Gasteiger partial charge in [0.25, 0.3) is 0 Å². The second-order valence-electron chi connectivity index (χ2n) is 6.92. The molecular formula is C22H27ClFN5O2. The molecule has 0 unspecified atom stereocenters. The molecule has 0 radical (unpaired) electrons. The average Bonchev–Trinajstić information content (AvgIpc) is 3.11. The third-order valence-corrected chi connectivity index (χ3v) is 5.47. The molecule has 1 saturated heterocycles. The fourth-order valence-corrected chi connectivity index (χ4v) is 3.85. The van der Waals surface area contributed by atoms with Gasteiger partial charge in [-0.25, -0.2) is 14.1 Å². The van der Waals surface area contributed by atoms with Crippen LogP contribution in [0.15, 0.2) is 30.5 Å². The minimum Gasteiger partial charge on any atom is -0.495 e. The van der Waals surface area contributed by atoms with E-state index in [9.17, 15) is 9.18 Å². The lowest BCUT2D eigenvalue weighted by atomic mass is 10.2. The van der Waals surface area contributed by atoms with Gasteiger partial charge in [-0.3, -0.25) is 4.79 Å². The number of anilines is 1. The molecule has 3 aromatic rings. The molecule has 0 bridgehead atoms. The fourth-order valence-electron chi connectivity index (χ4n) is 3.62. The summed E-state index contributed by atoms with van der Waals surface area (Å²) in [6, 6.07) is 6.65. The Morgan fingerprint density at radius 2 is 1.94 bits per heavy atom. The Balaban J connectivity index is 0.00000132. The number of fused-ring (bicyclic) bond motifs is 1. The molecule has 1 amide bonds. The van der Waals surface area contributed by atoms with E-state index < -0.39 is 5.82 Å². The Hall–Kier alpha value is -2.87. The monoisotopic (exact) mass is 447 g/mol. The van der Waals surface area contributed by atoms with Gasteiger partial charge in [0.2, 0.25) is 5.91 Å². The van der Waals surface area contributed by atoms with Gasteiger partial charge < -0.3 is 14.5 Å². The first kappa shape index (κ1) is 22.8. The number of hydrogen-bond acceptors (Lipinski definition) is 5. The molecule has 1 aliphatic rings. The maximum atomic E-state index is 14.4. The summed E-state index contributed by atoms with van der Waals surface area (Å²) in [7, 11) is 1.50. The van der Waals surface area contributed by atoms with Gasteiger partial charge >= 0.3 is 0 Å². The highest BCUT2D eigenvalue weighted by Crippen LogP contribution is 2.32. The molecule has 4 rings (SSSR count). The number of carbonyl (C=O) groups excluding carboxylic acids is 1. The van der Waals surface area contributed by atoms with Gasteiger partial charge in [0.15, 0.2) is 5.65 Å². The van der Waals surface area contributed by atoms with Gasteiger partial charge in [-0.05, 0) is 25.1 Å². The summed E-state index contributed by atoms with van der Waals surface area (Å²) in [6.07, 6.45) is 1.69. The standard InChI is InChI=1S/C20H21ClFN5O2.C2H6/c1-13-14-4-3-5-23-20(14)27(24-13)12-19(28)26-8-6-25(7-9-26)17-11-18(29-2)15(21)10-16(17)22;1-2/h3-5,10-11H,6-9,12H2,1-2H3;1-2H3. The van der Waals surface area contributed by atoms with Crippen molar-refractivity contribution in [3.63, 3.8) is 0 Å². The second-order valence-corrected chi connectivity index (χ2v) is 7.33. The van der Waals surface area contributed by atoms with Crippen LogP contribution in [0.25, 0.3) is 11.0 Å². The van der Waals surface area contributed by atoms with Crippen molar-refractivity contribution in [2.75, 3.05) is 38.2 Å². The van der Waals surface area contributed by atoms with E-state index >= 15 is 0 Å². The normalized spacial score (nSPS) is 13.7. The number of halogens is 2. The number of ether oxygens (including phenoxy) is 1. The van der Waals surface area contributed by atoms with E-state index in [2.05, 4.69) is 10.1 Å². The van der Waals surface area contributed by atoms with Crippen LogP contribution >= 0.6 is 11.6 Å². The molecule has 1 aromatic carbocycles. The summed E-state index contributed by atoms with van der Waals surface area (Å²) in [4.78, 5) is 20.8. The molecule has 1 aliphatic heterocycles. The first-order chi connectivity index (χ1) is 15.0. The van der Waals surface area contributed by atoms with E-state index in [-0.39, 0.29) is 17.5 Å². The first-order valence-electron chi connectivity index (χ1n) is 10.3. The van der Waals surface area contributed by atoms with Gasteiger partial charge in [-0.1, -0.05) is 25.4 Å². The topological polar surface area (TPSA) is 63.5 Å².